The largest absolute Gasteiger partial charge is 0.250 e. The van der Waals surface area contributed by atoms with Crippen LogP contribution in [-0.4, -0.2) is 4.98 Å². The monoisotopic (exact) mass is 394 g/mol. The molecule has 0 saturated carbocycles. The first-order valence-corrected chi connectivity index (χ1v) is 9.60. The number of benzene rings is 2. The molecule has 2 nitrogen and oxygen atoms in total. The van der Waals surface area contributed by atoms with Crippen LogP contribution < -0.4 is 4.57 Å². The second kappa shape index (κ2) is 6.76. The molecule has 1 aromatic heterocycles. The van der Waals surface area contributed by atoms with Crippen LogP contribution in [0.25, 0.3) is 0 Å². The zero-order valence-corrected chi connectivity index (χ0v) is 14.3. The molecule has 9 heteroatoms. The molecule has 3 aromatic rings. The molecule has 0 saturated heterocycles. The van der Waals surface area contributed by atoms with E-state index in [2.05, 4.69) is 76.4 Å². The summed E-state index contributed by atoms with van der Waals surface area (Å²) in [5.41, 5.74) is 2.68. The average Bonchev–Trinajstić information content (AvgIpc) is 3.06. The van der Waals surface area contributed by atoms with Crippen LogP contribution in [0.2, 0.25) is 0 Å². The summed E-state index contributed by atoms with van der Waals surface area (Å²) in [4.78, 5) is 3.13. The maximum Gasteiger partial charge on any atom is 0.242 e. The molecule has 1 heterocycles. The Morgan fingerprint density at radius 1 is 0.808 bits per heavy atom. The Labute approximate surface area is 146 Å². The summed E-state index contributed by atoms with van der Waals surface area (Å²) in [5.74, 6) is 0. The van der Waals surface area contributed by atoms with Crippen molar-refractivity contribution in [2.45, 2.75) is 12.5 Å². The average molecular weight is 394 g/mol. The van der Waals surface area contributed by atoms with Crippen molar-refractivity contribution < 1.29 is 29.7 Å². The smallest absolute Gasteiger partial charge is 0.242 e. The molecule has 2 aromatic carbocycles. The van der Waals surface area contributed by atoms with E-state index in [-0.39, 0.29) is 0 Å². The van der Waals surface area contributed by atoms with E-state index in [1.807, 2.05) is 12.5 Å². The van der Waals surface area contributed by atoms with Crippen LogP contribution >= 0.6 is 7.81 Å². The molecule has 1 atom stereocenters. The van der Waals surface area contributed by atoms with Gasteiger partial charge in [0, 0.05) is 6.42 Å². The van der Waals surface area contributed by atoms with Gasteiger partial charge in [-0.25, -0.2) is 4.57 Å². The zero-order valence-electron chi connectivity index (χ0n) is 13.5. The van der Waals surface area contributed by atoms with Crippen molar-refractivity contribution in [3.63, 3.8) is 0 Å². The van der Waals surface area contributed by atoms with Gasteiger partial charge in [0.1, 0.15) is 18.4 Å². The van der Waals surface area contributed by atoms with Crippen molar-refractivity contribution in [1.82, 2.24) is 4.98 Å². The summed E-state index contributed by atoms with van der Waals surface area (Å²) in [6, 6.07) is 21.6. The van der Waals surface area contributed by atoms with Crippen molar-refractivity contribution >= 4 is 7.81 Å². The molecule has 26 heavy (non-hydrogen) atoms. The van der Waals surface area contributed by atoms with Gasteiger partial charge >= 0.3 is 33.0 Å². The molecular weight excluding hydrogens is 377 g/mol. The van der Waals surface area contributed by atoms with Crippen molar-refractivity contribution in [3.05, 3.63) is 90.5 Å². The van der Waals surface area contributed by atoms with Gasteiger partial charge in [-0.3, -0.25) is 4.98 Å². The molecule has 0 aliphatic heterocycles. The summed E-state index contributed by atoms with van der Waals surface area (Å²) in [6.07, 6.45) is 7.05. The molecule has 0 aliphatic rings. The maximum atomic E-state index is 9.87. The van der Waals surface area contributed by atoms with Gasteiger partial charge in [0.05, 0.1) is 0 Å². The Bertz CT molecular complexity index is 792. The summed E-state index contributed by atoms with van der Waals surface area (Å²) in [7, 11) is -10.7. The van der Waals surface area contributed by atoms with Crippen LogP contribution in [-0.2, 0) is 6.42 Å². The van der Waals surface area contributed by atoms with Gasteiger partial charge in [0.15, 0.2) is 0 Å². The van der Waals surface area contributed by atoms with E-state index in [1.54, 1.807) is 0 Å². The Hall–Kier alpha value is -2.34. The molecule has 0 aliphatic carbocycles. The number of H-pyrrole nitrogens is 1. The molecule has 142 valence electrons. The molecule has 1 unspecified atom stereocenters. The number of nitrogens with one attached hydrogen (secondary N) is 1. The van der Waals surface area contributed by atoms with Crippen molar-refractivity contribution in [2.75, 3.05) is 0 Å². The minimum atomic E-state index is -10.7. The van der Waals surface area contributed by atoms with Crippen LogP contribution in [0.5, 0.6) is 0 Å². The summed E-state index contributed by atoms with van der Waals surface area (Å²) in [6.45, 7) is 0. The van der Waals surface area contributed by atoms with E-state index >= 15 is 0 Å². The number of imidazole rings is 1. The Morgan fingerprint density at radius 2 is 1.31 bits per heavy atom. The van der Waals surface area contributed by atoms with Crippen molar-refractivity contribution in [2.24, 2.45) is 0 Å². The van der Waals surface area contributed by atoms with E-state index in [4.69, 9.17) is 0 Å². The Balaban J connectivity index is 0.000000298. The summed E-state index contributed by atoms with van der Waals surface area (Å²) >= 11 is 0. The van der Waals surface area contributed by atoms with Crippen LogP contribution in [0.3, 0.4) is 0 Å². The van der Waals surface area contributed by atoms with Gasteiger partial charge in [-0.15, -0.1) is 0 Å². The van der Waals surface area contributed by atoms with Gasteiger partial charge < -0.3 is 0 Å². The third-order valence-electron chi connectivity index (χ3n) is 3.38. The van der Waals surface area contributed by atoms with Gasteiger partial charge in [0.2, 0.25) is 6.33 Å². The molecule has 0 bridgehead atoms. The fraction of sp³-hybridized carbons (Fsp3) is 0.118. The standard InChI is InChI=1S/C17H16N2.F6P/c1-3-7-15(8-4-1)13-17(19-12-11-18-14-19)16-9-5-2-6-10-16;1-7(2,3,4,5)6/h1-12,14,17H,13H2;/q;-1/p+1. The number of nitrogens with zero attached hydrogens (tertiary/aromatic N) is 1. The van der Waals surface area contributed by atoms with E-state index < -0.39 is 7.81 Å². The SMILES string of the molecule is F[P-](F)(F)(F)(F)F.c1ccc(CC(c2ccccc2)[n+]2cc[nH]c2)cc1. The van der Waals surface area contributed by atoms with Gasteiger partial charge in [-0.05, 0) is 11.1 Å². The first kappa shape index (κ1) is 20.0. The minimum Gasteiger partial charge on any atom is -0.250 e. The fourth-order valence-corrected chi connectivity index (χ4v) is 2.40. The van der Waals surface area contributed by atoms with Crippen LogP contribution in [0.15, 0.2) is 79.4 Å². The van der Waals surface area contributed by atoms with Crippen LogP contribution in [0.1, 0.15) is 17.2 Å². The van der Waals surface area contributed by atoms with E-state index in [9.17, 15) is 25.2 Å². The molecule has 0 amide bonds. The number of hydrogen-bond donors (Lipinski definition) is 1. The predicted octanol–water partition coefficient (Wildman–Crippen LogP) is 6.52. The van der Waals surface area contributed by atoms with Gasteiger partial charge in [0.25, 0.3) is 0 Å². The first-order chi connectivity index (χ1) is 11.9. The Morgan fingerprint density at radius 3 is 1.77 bits per heavy atom. The second-order valence-corrected chi connectivity index (χ2v) is 7.55. The normalized spacial score (nSPS) is 15.2. The minimum absolute atomic E-state index is 0.329. The number of aromatic amines is 1. The molecule has 0 radical (unpaired) electrons. The number of rotatable bonds is 4. The third kappa shape index (κ3) is 8.67. The van der Waals surface area contributed by atoms with Gasteiger partial charge in [-0.2, -0.15) is 0 Å². The quantitative estimate of drug-likeness (QED) is 0.295. The summed E-state index contributed by atoms with van der Waals surface area (Å²) < 4.78 is 61.4. The van der Waals surface area contributed by atoms with E-state index in [1.165, 1.54) is 11.1 Å². The van der Waals surface area contributed by atoms with Crippen LogP contribution in [0.4, 0.5) is 25.2 Å². The molecule has 0 fully saturated rings. The second-order valence-electron chi connectivity index (χ2n) is 5.63. The predicted molar refractivity (Wildman–Crippen MR) is 89.3 cm³/mol. The topological polar surface area (TPSA) is 19.7 Å². The molecular formula is C17H17F6N2P. The van der Waals surface area contributed by atoms with Crippen molar-refractivity contribution in [3.8, 4) is 0 Å². The number of aromatic nitrogens is 2. The van der Waals surface area contributed by atoms with E-state index in [0.29, 0.717) is 6.04 Å². The Kier molecular flexibility index (Phi) is 5.19. The van der Waals surface area contributed by atoms with Crippen molar-refractivity contribution in [1.29, 1.82) is 0 Å². The zero-order chi connectivity index (χ0) is 19.3. The van der Waals surface area contributed by atoms with E-state index in [0.717, 1.165) is 6.42 Å². The fourth-order valence-electron chi connectivity index (χ4n) is 2.40. The molecule has 1 N–H and O–H groups in total. The number of hydrogen-bond acceptors (Lipinski definition) is 0. The molecule has 0 spiro atoms. The summed E-state index contributed by atoms with van der Waals surface area (Å²) in [5, 5.41) is 0. The maximum absolute atomic E-state index is 10.7. The van der Waals surface area contributed by atoms with Gasteiger partial charge in [-0.1, -0.05) is 60.7 Å². The third-order valence-corrected chi connectivity index (χ3v) is 3.38. The van der Waals surface area contributed by atoms with Crippen LogP contribution in [0, 0.1) is 0 Å². The first-order valence-electron chi connectivity index (χ1n) is 7.57. The molecule has 3 rings (SSSR count). The number of halogens is 6.